The summed E-state index contributed by atoms with van der Waals surface area (Å²) >= 11 is 0. The van der Waals surface area contributed by atoms with Crippen LogP contribution in [0.3, 0.4) is 0 Å². The summed E-state index contributed by atoms with van der Waals surface area (Å²) in [6.45, 7) is 3.68. The van der Waals surface area contributed by atoms with E-state index in [9.17, 15) is 4.79 Å². The van der Waals surface area contributed by atoms with Crippen LogP contribution in [0.5, 0.6) is 5.75 Å². The first-order valence-electron chi connectivity index (χ1n) is 8.31. The average Bonchev–Trinajstić information content (AvgIpc) is 2.59. The molecule has 1 aliphatic rings. The van der Waals surface area contributed by atoms with Crippen LogP contribution in [-0.2, 0) is 11.2 Å². The highest BCUT2D eigenvalue weighted by Crippen LogP contribution is 2.23. The lowest BCUT2D eigenvalue weighted by Crippen LogP contribution is -2.46. The summed E-state index contributed by atoms with van der Waals surface area (Å²) in [7, 11) is 1.69. The zero-order valence-electron chi connectivity index (χ0n) is 13.8. The van der Waals surface area contributed by atoms with Gasteiger partial charge in [0.25, 0.3) is 0 Å². The number of aryl methyl sites for hydroxylation is 1. The lowest BCUT2D eigenvalue weighted by Gasteiger charge is -2.33. The van der Waals surface area contributed by atoms with Crippen molar-refractivity contribution in [2.24, 2.45) is 11.7 Å². The lowest BCUT2D eigenvalue weighted by molar-refractivity contribution is -0.134. The standard InChI is InChI=1S/C18H28N2O2/c1-3-17(19)18(21)20-12-10-15(11-13-20)5-4-14-6-8-16(22-2)9-7-14/h6-9,15,17H,3-5,10-13,19H2,1-2H3/t17-/m0/s1. The fourth-order valence-electron chi connectivity index (χ4n) is 3.01. The number of benzene rings is 1. The summed E-state index contributed by atoms with van der Waals surface area (Å²) in [5.41, 5.74) is 7.19. The Morgan fingerprint density at radius 3 is 2.50 bits per heavy atom. The van der Waals surface area contributed by atoms with Gasteiger partial charge in [-0.25, -0.2) is 0 Å². The van der Waals surface area contributed by atoms with Gasteiger partial charge in [-0.15, -0.1) is 0 Å². The highest BCUT2D eigenvalue weighted by atomic mass is 16.5. The first kappa shape index (κ1) is 16.8. The molecular formula is C18H28N2O2. The van der Waals surface area contributed by atoms with Gasteiger partial charge in [0.1, 0.15) is 5.75 Å². The van der Waals surface area contributed by atoms with Crippen LogP contribution in [0.1, 0.15) is 38.2 Å². The Labute approximate surface area is 133 Å². The fourth-order valence-corrected chi connectivity index (χ4v) is 3.01. The Kier molecular flexibility index (Phi) is 6.25. The molecule has 0 aliphatic carbocycles. The number of nitrogens with zero attached hydrogens (tertiary/aromatic N) is 1. The molecule has 122 valence electrons. The normalized spacial score (nSPS) is 17.3. The molecule has 1 aromatic carbocycles. The Morgan fingerprint density at radius 1 is 1.32 bits per heavy atom. The number of carbonyl (C=O) groups excluding carboxylic acids is 1. The first-order chi connectivity index (χ1) is 10.6. The average molecular weight is 304 g/mol. The van der Waals surface area contributed by atoms with Crippen molar-refractivity contribution in [2.75, 3.05) is 20.2 Å². The predicted octanol–water partition coefficient (Wildman–Crippen LogP) is 2.60. The molecule has 1 amide bonds. The molecule has 0 radical (unpaired) electrons. The van der Waals surface area contributed by atoms with Gasteiger partial charge in [0.05, 0.1) is 13.2 Å². The van der Waals surface area contributed by atoms with Crippen LogP contribution in [0, 0.1) is 5.92 Å². The molecule has 22 heavy (non-hydrogen) atoms. The lowest BCUT2D eigenvalue weighted by atomic mass is 9.90. The van der Waals surface area contributed by atoms with E-state index in [1.54, 1.807) is 7.11 Å². The van der Waals surface area contributed by atoms with Gasteiger partial charge >= 0.3 is 0 Å². The van der Waals surface area contributed by atoms with Crippen LogP contribution >= 0.6 is 0 Å². The maximum absolute atomic E-state index is 12.1. The Morgan fingerprint density at radius 2 is 1.95 bits per heavy atom. The maximum atomic E-state index is 12.1. The highest BCUT2D eigenvalue weighted by molar-refractivity contribution is 5.81. The summed E-state index contributed by atoms with van der Waals surface area (Å²) < 4.78 is 5.18. The summed E-state index contributed by atoms with van der Waals surface area (Å²) in [6, 6.07) is 7.98. The maximum Gasteiger partial charge on any atom is 0.239 e. The predicted molar refractivity (Wildman–Crippen MR) is 88.9 cm³/mol. The van der Waals surface area contributed by atoms with Crippen molar-refractivity contribution < 1.29 is 9.53 Å². The van der Waals surface area contributed by atoms with Gasteiger partial charge in [-0.3, -0.25) is 4.79 Å². The van der Waals surface area contributed by atoms with E-state index in [-0.39, 0.29) is 11.9 Å². The molecule has 1 saturated heterocycles. The summed E-state index contributed by atoms with van der Waals surface area (Å²) in [4.78, 5) is 14.0. The number of rotatable bonds is 6. The second kappa shape index (κ2) is 8.18. The topological polar surface area (TPSA) is 55.6 Å². The molecule has 4 nitrogen and oxygen atoms in total. The van der Waals surface area contributed by atoms with E-state index in [2.05, 4.69) is 12.1 Å². The molecule has 0 aromatic heterocycles. The Balaban J connectivity index is 1.74. The number of hydrogen-bond acceptors (Lipinski definition) is 3. The van der Waals surface area contributed by atoms with E-state index >= 15 is 0 Å². The molecule has 1 heterocycles. The Bertz CT molecular complexity index is 464. The van der Waals surface area contributed by atoms with Crippen molar-refractivity contribution in [3.05, 3.63) is 29.8 Å². The van der Waals surface area contributed by atoms with Gasteiger partial charge in [0.2, 0.25) is 5.91 Å². The zero-order valence-corrected chi connectivity index (χ0v) is 13.8. The minimum atomic E-state index is -0.323. The summed E-state index contributed by atoms with van der Waals surface area (Å²) in [6.07, 6.45) is 5.19. The van der Waals surface area contributed by atoms with Crippen molar-refractivity contribution in [3.8, 4) is 5.75 Å². The number of ether oxygens (including phenoxy) is 1. The third kappa shape index (κ3) is 4.47. The molecule has 1 aliphatic heterocycles. The largest absolute Gasteiger partial charge is 0.497 e. The minimum Gasteiger partial charge on any atom is -0.497 e. The van der Waals surface area contributed by atoms with Crippen molar-refractivity contribution >= 4 is 5.91 Å². The molecule has 4 heteroatoms. The molecule has 1 fully saturated rings. The van der Waals surface area contributed by atoms with Crippen LogP contribution in [-0.4, -0.2) is 37.0 Å². The van der Waals surface area contributed by atoms with Gasteiger partial charge in [0.15, 0.2) is 0 Å². The number of piperidine rings is 1. The highest BCUT2D eigenvalue weighted by Gasteiger charge is 2.25. The number of likely N-dealkylation sites (tertiary alicyclic amines) is 1. The fraction of sp³-hybridized carbons (Fsp3) is 0.611. The van der Waals surface area contributed by atoms with Gasteiger partial charge in [-0.05, 0) is 55.7 Å². The summed E-state index contributed by atoms with van der Waals surface area (Å²) in [5, 5.41) is 0. The van der Waals surface area contributed by atoms with Crippen LogP contribution < -0.4 is 10.5 Å². The number of carbonyl (C=O) groups is 1. The third-order valence-corrected chi connectivity index (χ3v) is 4.68. The molecule has 2 rings (SSSR count). The molecule has 0 unspecified atom stereocenters. The molecule has 0 saturated carbocycles. The van der Waals surface area contributed by atoms with E-state index in [1.807, 2.05) is 24.0 Å². The molecule has 0 bridgehead atoms. The van der Waals surface area contributed by atoms with Gasteiger partial charge in [0, 0.05) is 13.1 Å². The molecular weight excluding hydrogens is 276 g/mol. The number of methoxy groups -OCH3 is 1. The molecule has 2 N–H and O–H groups in total. The minimum absolute atomic E-state index is 0.121. The number of hydrogen-bond donors (Lipinski definition) is 1. The quantitative estimate of drug-likeness (QED) is 0.879. The second-order valence-corrected chi connectivity index (χ2v) is 6.17. The van der Waals surface area contributed by atoms with E-state index in [4.69, 9.17) is 10.5 Å². The molecule has 0 spiro atoms. The molecule has 1 aromatic rings. The van der Waals surface area contributed by atoms with Crippen LogP contribution in [0.25, 0.3) is 0 Å². The zero-order chi connectivity index (χ0) is 15.9. The van der Waals surface area contributed by atoms with Crippen molar-refractivity contribution in [1.29, 1.82) is 0 Å². The van der Waals surface area contributed by atoms with E-state index < -0.39 is 0 Å². The van der Waals surface area contributed by atoms with Crippen LogP contribution in [0.15, 0.2) is 24.3 Å². The molecule has 1 atom stereocenters. The van der Waals surface area contributed by atoms with Gasteiger partial charge < -0.3 is 15.4 Å². The van der Waals surface area contributed by atoms with Gasteiger partial charge in [-0.2, -0.15) is 0 Å². The Hall–Kier alpha value is -1.55. The van der Waals surface area contributed by atoms with Crippen molar-refractivity contribution in [2.45, 2.75) is 45.1 Å². The third-order valence-electron chi connectivity index (χ3n) is 4.68. The number of amides is 1. The van der Waals surface area contributed by atoms with E-state index in [1.165, 1.54) is 12.0 Å². The van der Waals surface area contributed by atoms with Crippen LogP contribution in [0.4, 0.5) is 0 Å². The van der Waals surface area contributed by atoms with Crippen molar-refractivity contribution in [1.82, 2.24) is 4.90 Å². The van der Waals surface area contributed by atoms with Gasteiger partial charge in [-0.1, -0.05) is 19.1 Å². The van der Waals surface area contributed by atoms with Crippen LogP contribution in [0.2, 0.25) is 0 Å². The van der Waals surface area contributed by atoms with E-state index in [0.29, 0.717) is 5.92 Å². The first-order valence-corrected chi connectivity index (χ1v) is 8.31. The van der Waals surface area contributed by atoms with E-state index in [0.717, 1.165) is 44.5 Å². The second-order valence-electron chi connectivity index (χ2n) is 6.17. The monoisotopic (exact) mass is 304 g/mol. The number of nitrogens with two attached hydrogens (primary N) is 1. The van der Waals surface area contributed by atoms with Crippen molar-refractivity contribution in [3.63, 3.8) is 0 Å². The SMILES string of the molecule is CC[C@H](N)C(=O)N1CCC(CCc2ccc(OC)cc2)CC1. The smallest absolute Gasteiger partial charge is 0.239 e. The summed E-state index contributed by atoms with van der Waals surface area (Å²) in [5.74, 6) is 1.74.